The first-order valence-electron chi connectivity index (χ1n) is 6.52. The van der Waals surface area contributed by atoms with Gasteiger partial charge >= 0.3 is 0 Å². The Morgan fingerprint density at radius 1 is 1.37 bits per heavy atom. The van der Waals surface area contributed by atoms with Crippen LogP contribution in [0.15, 0.2) is 18.2 Å². The summed E-state index contributed by atoms with van der Waals surface area (Å²) in [4.78, 5) is 12.0. The Hall–Kier alpha value is -1.36. The van der Waals surface area contributed by atoms with Crippen LogP contribution in [-0.4, -0.2) is 31.7 Å². The molecule has 0 amide bonds. The van der Waals surface area contributed by atoms with Crippen LogP contribution >= 0.6 is 0 Å². The van der Waals surface area contributed by atoms with E-state index in [0.29, 0.717) is 5.56 Å². The van der Waals surface area contributed by atoms with Crippen LogP contribution in [0.3, 0.4) is 0 Å². The van der Waals surface area contributed by atoms with Crippen LogP contribution in [-0.2, 0) is 16.3 Å². The number of ketones is 1. The fourth-order valence-electron chi connectivity index (χ4n) is 2.09. The zero-order valence-electron chi connectivity index (χ0n) is 11.3. The van der Waals surface area contributed by atoms with Crippen LogP contribution in [0.5, 0.6) is 0 Å². The standard InChI is InChI=1S/C14H19NO3S/c1-10(2)19(17,18)8-6-14(16)12-3-4-13-11(9-12)5-7-15-13/h3-4,9-10,15H,5-8H2,1-2H3. The average Bonchev–Trinajstić information content (AvgIpc) is 2.82. The number of hydrogen-bond acceptors (Lipinski definition) is 4. The molecule has 0 atom stereocenters. The van der Waals surface area contributed by atoms with Gasteiger partial charge in [-0.3, -0.25) is 4.79 Å². The molecule has 1 aromatic carbocycles. The third-order valence-corrected chi connectivity index (χ3v) is 5.68. The van der Waals surface area contributed by atoms with Crippen molar-refractivity contribution < 1.29 is 13.2 Å². The van der Waals surface area contributed by atoms with Gasteiger partial charge in [0.05, 0.1) is 11.0 Å². The lowest BCUT2D eigenvalue weighted by Gasteiger charge is -2.07. The maximum Gasteiger partial charge on any atom is 0.163 e. The van der Waals surface area contributed by atoms with E-state index in [1.54, 1.807) is 19.9 Å². The summed E-state index contributed by atoms with van der Waals surface area (Å²) in [5.41, 5.74) is 2.82. The van der Waals surface area contributed by atoms with Crippen LogP contribution in [0.25, 0.3) is 0 Å². The highest BCUT2D eigenvalue weighted by Crippen LogP contribution is 2.23. The van der Waals surface area contributed by atoms with Gasteiger partial charge in [-0.15, -0.1) is 0 Å². The van der Waals surface area contributed by atoms with Crippen molar-refractivity contribution in [2.24, 2.45) is 0 Å². The van der Waals surface area contributed by atoms with Crippen LogP contribution in [0.1, 0.15) is 36.2 Å². The molecule has 4 nitrogen and oxygen atoms in total. The van der Waals surface area contributed by atoms with Gasteiger partial charge in [0.25, 0.3) is 0 Å². The summed E-state index contributed by atoms with van der Waals surface area (Å²) in [5, 5.41) is 2.80. The largest absolute Gasteiger partial charge is 0.384 e. The van der Waals surface area contributed by atoms with Crippen molar-refractivity contribution in [1.29, 1.82) is 0 Å². The van der Waals surface area contributed by atoms with Crippen LogP contribution in [0.4, 0.5) is 5.69 Å². The van der Waals surface area contributed by atoms with Gasteiger partial charge in [-0.2, -0.15) is 0 Å². The third-order valence-electron chi connectivity index (χ3n) is 3.47. The minimum absolute atomic E-state index is 0.0622. The molecule has 0 bridgehead atoms. The number of fused-ring (bicyclic) bond motifs is 1. The van der Waals surface area contributed by atoms with Gasteiger partial charge in [-0.1, -0.05) is 0 Å². The van der Waals surface area contributed by atoms with Crippen molar-refractivity contribution in [3.63, 3.8) is 0 Å². The van der Waals surface area contributed by atoms with Gasteiger partial charge in [-0.05, 0) is 44.0 Å². The van der Waals surface area contributed by atoms with E-state index in [2.05, 4.69) is 5.32 Å². The van der Waals surface area contributed by atoms with E-state index in [9.17, 15) is 13.2 Å². The number of nitrogens with one attached hydrogen (secondary N) is 1. The van der Waals surface area contributed by atoms with Crippen molar-refractivity contribution in [2.75, 3.05) is 17.6 Å². The Bertz CT molecular complexity index is 591. The molecule has 0 fully saturated rings. The first-order valence-corrected chi connectivity index (χ1v) is 8.23. The number of carbonyl (C=O) groups excluding carboxylic acids is 1. The number of sulfone groups is 1. The smallest absolute Gasteiger partial charge is 0.163 e. The Morgan fingerprint density at radius 3 is 2.79 bits per heavy atom. The molecule has 1 aliphatic rings. The molecule has 1 heterocycles. The van der Waals surface area contributed by atoms with E-state index < -0.39 is 15.1 Å². The van der Waals surface area contributed by atoms with Gasteiger partial charge in [0.2, 0.25) is 0 Å². The molecule has 1 N–H and O–H groups in total. The molecule has 1 aliphatic heterocycles. The van der Waals surface area contributed by atoms with Gasteiger partial charge < -0.3 is 5.32 Å². The molecule has 0 saturated carbocycles. The Kier molecular flexibility index (Phi) is 3.94. The summed E-state index contributed by atoms with van der Waals surface area (Å²) < 4.78 is 23.4. The SMILES string of the molecule is CC(C)S(=O)(=O)CCC(=O)c1ccc2c(c1)CCN2. The van der Waals surface area contributed by atoms with E-state index in [4.69, 9.17) is 0 Å². The highest BCUT2D eigenvalue weighted by atomic mass is 32.2. The Morgan fingerprint density at radius 2 is 2.11 bits per heavy atom. The van der Waals surface area contributed by atoms with Gasteiger partial charge in [-0.25, -0.2) is 8.42 Å². The molecular formula is C14H19NO3S. The molecule has 0 unspecified atom stereocenters. The molecule has 5 heteroatoms. The maximum atomic E-state index is 12.0. The second-order valence-electron chi connectivity index (χ2n) is 5.14. The topological polar surface area (TPSA) is 63.2 Å². The number of rotatable bonds is 5. The Labute approximate surface area is 114 Å². The minimum Gasteiger partial charge on any atom is -0.384 e. The minimum atomic E-state index is -3.15. The molecule has 0 radical (unpaired) electrons. The molecule has 104 valence electrons. The first-order chi connectivity index (χ1) is 8.90. The lowest BCUT2D eigenvalue weighted by molar-refractivity contribution is 0.0988. The van der Waals surface area contributed by atoms with Crippen LogP contribution in [0, 0.1) is 0 Å². The molecule has 0 saturated heterocycles. The Balaban J connectivity index is 2.05. The van der Waals surface area contributed by atoms with E-state index in [0.717, 1.165) is 24.2 Å². The fraction of sp³-hybridized carbons (Fsp3) is 0.500. The van der Waals surface area contributed by atoms with Gasteiger partial charge in [0, 0.05) is 24.2 Å². The number of benzene rings is 1. The summed E-state index contributed by atoms with van der Waals surface area (Å²) in [7, 11) is -3.15. The summed E-state index contributed by atoms with van der Waals surface area (Å²) in [5.74, 6) is -0.169. The number of hydrogen-bond donors (Lipinski definition) is 1. The molecule has 1 aromatic rings. The maximum absolute atomic E-state index is 12.0. The van der Waals surface area contributed by atoms with Crippen LogP contribution < -0.4 is 5.32 Å². The van der Waals surface area contributed by atoms with Gasteiger partial charge in [0.15, 0.2) is 15.6 Å². The van der Waals surface area contributed by atoms with E-state index in [1.165, 1.54) is 0 Å². The predicted molar refractivity (Wildman–Crippen MR) is 76.5 cm³/mol. The second-order valence-corrected chi connectivity index (χ2v) is 7.81. The monoisotopic (exact) mass is 281 g/mol. The zero-order valence-corrected chi connectivity index (χ0v) is 12.1. The third kappa shape index (κ3) is 3.15. The van der Waals surface area contributed by atoms with Crippen molar-refractivity contribution >= 4 is 21.3 Å². The number of Topliss-reactive ketones (excluding diaryl/α,β-unsaturated/α-hetero) is 1. The van der Waals surface area contributed by atoms with Crippen molar-refractivity contribution in [3.05, 3.63) is 29.3 Å². The van der Waals surface area contributed by atoms with E-state index in [1.807, 2.05) is 12.1 Å². The highest BCUT2D eigenvalue weighted by Gasteiger charge is 2.19. The van der Waals surface area contributed by atoms with E-state index in [-0.39, 0.29) is 18.0 Å². The highest BCUT2D eigenvalue weighted by molar-refractivity contribution is 7.91. The van der Waals surface area contributed by atoms with Gasteiger partial charge in [0.1, 0.15) is 0 Å². The average molecular weight is 281 g/mol. The molecule has 0 spiro atoms. The summed E-state index contributed by atoms with van der Waals surface area (Å²) in [6.07, 6.45) is 0.980. The predicted octanol–water partition coefficient (Wildman–Crippen LogP) is 2.05. The molecule has 0 aliphatic carbocycles. The van der Waals surface area contributed by atoms with Crippen molar-refractivity contribution in [1.82, 2.24) is 0 Å². The quantitative estimate of drug-likeness (QED) is 0.839. The summed E-state index contributed by atoms with van der Waals surface area (Å²) >= 11 is 0. The fourth-order valence-corrected chi connectivity index (χ4v) is 3.03. The summed E-state index contributed by atoms with van der Waals surface area (Å²) in [6, 6.07) is 5.54. The second kappa shape index (κ2) is 5.33. The molecule has 2 rings (SSSR count). The van der Waals surface area contributed by atoms with E-state index >= 15 is 0 Å². The number of anilines is 1. The first kappa shape index (κ1) is 14.1. The zero-order chi connectivity index (χ0) is 14.0. The molecule has 0 aromatic heterocycles. The summed E-state index contributed by atoms with van der Waals surface area (Å²) in [6.45, 7) is 4.18. The lowest BCUT2D eigenvalue weighted by Crippen LogP contribution is -2.19. The van der Waals surface area contributed by atoms with Crippen molar-refractivity contribution in [3.8, 4) is 0 Å². The number of carbonyl (C=O) groups is 1. The lowest BCUT2D eigenvalue weighted by atomic mass is 10.0. The van der Waals surface area contributed by atoms with Crippen molar-refractivity contribution in [2.45, 2.75) is 31.9 Å². The normalized spacial score (nSPS) is 14.3. The molecular weight excluding hydrogens is 262 g/mol. The van der Waals surface area contributed by atoms with Crippen LogP contribution in [0.2, 0.25) is 0 Å². The molecule has 19 heavy (non-hydrogen) atoms.